The van der Waals surface area contributed by atoms with E-state index in [0.29, 0.717) is 5.75 Å². The number of halogens is 2. The molecular weight excluding hydrogens is 320 g/mol. The molecule has 0 radical (unpaired) electrons. The highest BCUT2D eigenvalue weighted by molar-refractivity contribution is 7.99. The van der Waals surface area contributed by atoms with E-state index in [1.807, 2.05) is 0 Å². The van der Waals surface area contributed by atoms with Gasteiger partial charge >= 0.3 is 0 Å². The summed E-state index contributed by atoms with van der Waals surface area (Å²) in [4.78, 5) is 13.0. The zero-order valence-electron chi connectivity index (χ0n) is 12.2. The third-order valence-electron chi connectivity index (χ3n) is 3.53. The van der Waals surface area contributed by atoms with Crippen molar-refractivity contribution in [2.75, 3.05) is 12.4 Å². The molecule has 1 aliphatic rings. The standard InChI is InChI=1S/C17H15F2NO2S/c18-11-1-4-13(5-2-11)22-10-17(21)20-15-7-8-23-16-6-3-12(19)9-14(15)16/h1-6,9,15H,7-8,10H2,(H,20,21). The van der Waals surface area contributed by atoms with Crippen LogP contribution in [0.2, 0.25) is 0 Å². The van der Waals surface area contributed by atoms with Gasteiger partial charge in [-0.15, -0.1) is 11.8 Å². The van der Waals surface area contributed by atoms with Gasteiger partial charge in [0.15, 0.2) is 6.61 Å². The van der Waals surface area contributed by atoms with Gasteiger partial charge in [-0.25, -0.2) is 8.78 Å². The van der Waals surface area contributed by atoms with Crippen LogP contribution in [0.5, 0.6) is 5.75 Å². The van der Waals surface area contributed by atoms with Crippen LogP contribution in [0.4, 0.5) is 8.78 Å². The van der Waals surface area contributed by atoms with E-state index in [2.05, 4.69) is 5.32 Å². The Balaban J connectivity index is 1.60. The monoisotopic (exact) mass is 335 g/mol. The van der Waals surface area contributed by atoms with E-state index in [-0.39, 0.29) is 30.2 Å². The number of ether oxygens (including phenoxy) is 1. The largest absolute Gasteiger partial charge is 0.484 e. The molecule has 23 heavy (non-hydrogen) atoms. The normalized spacial score (nSPS) is 16.5. The van der Waals surface area contributed by atoms with E-state index >= 15 is 0 Å². The Morgan fingerprint density at radius 2 is 1.91 bits per heavy atom. The van der Waals surface area contributed by atoms with Gasteiger partial charge in [0.2, 0.25) is 0 Å². The van der Waals surface area contributed by atoms with Gasteiger partial charge in [-0.3, -0.25) is 4.79 Å². The number of thioether (sulfide) groups is 1. The Morgan fingerprint density at radius 1 is 1.17 bits per heavy atom. The molecule has 2 aromatic carbocycles. The number of benzene rings is 2. The van der Waals surface area contributed by atoms with Gasteiger partial charge < -0.3 is 10.1 Å². The minimum Gasteiger partial charge on any atom is -0.484 e. The van der Waals surface area contributed by atoms with Crippen molar-refractivity contribution in [3.63, 3.8) is 0 Å². The van der Waals surface area contributed by atoms with E-state index in [4.69, 9.17) is 4.74 Å². The fourth-order valence-electron chi connectivity index (χ4n) is 2.43. The molecule has 1 N–H and O–H groups in total. The number of rotatable bonds is 4. The van der Waals surface area contributed by atoms with Crippen LogP contribution in [0.15, 0.2) is 47.4 Å². The number of hydrogen-bond donors (Lipinski definition) is 1. The fraction of sp³-hybridized carbons (Fsp3) is 0.235. The zero-order chi connectivity index (χ0) is 16.2. The molecule has 0 spiro atoms. The van der Waals surface area contributed by atoms with Crippen LogP contribution in [-0.4, -0.2) is 18.3 Å². The van der Waals surface area contributed by atoms with Crippen LogP contribution in [0, 0.1) is 11.6 Å². The van der Waals surface area contributed by atoms with Crippen molar-refractivity contribution < 1.29 is 18.3 Å². The van der Waals surface area contributed by atoms with E-state index in [0.717, 1.165) is 22.6 Å². The zero-order valence-corrected chi connectivity index (χ0v) is 13.0. The van der Waals surface area contributed by atoms with E-state index < -0.39 is 0 Å². The van der Waals surface area contributed by atoms with Crippen LogP contribution >= 0.6 is 11.8 Å². The first-order valence-electron chi connectivity index (χ1n) is 7.22. The van der Waals surface area contributed by atoms with Crippen molar-refractivity contribution in [3.8, 4) is 5.75 Å². The molecule has 1 atom stereocenters. The maximum Gasteiger partial charge on any atom is 0.258 e. The second-order valence-electron chi connectivity index (χ2n) is 5.18. The molecule has 6 heteroatoms. The first-order chi connectivity index (χ1) is 11.1. The third-order valence-corrected chi connectivity index (χ3v) is 4.65. The van der Waals surface area contributed by atoms with Crippen molar-refractivity contribution in [1.82, 2.24) is 5.32 Å². The fourth-order valence-corrected chi connectivity index (χ4v) is 3.54. The van der Waals surface area contributed by atoms with Crippen molar-refractivity contribution in [2.24, 2.45) is 0 Å². The predicted molar refractivity (Wildman–Crippen MR) is 84.5 cm³/mol. The number of hydrogen-bond acceptors (Lipinski definition) is 3. The number of nitrogens with one attached hydrogen (secondary N) is 1. The van der Waals surface area contributed by atoms with Gasteiger partial charge in [-0.2, -0.15) is 0 Å². The number of carbonyl (C=O) groups is 1. The highest BCUT2D eigenvalue weighted by Gasteiger charge is 2.23. The summed E-state index contributed by atoms with van der Waals surface area (Å²) in [5, 5.41) is 2.87. The summed E-state index contributed by atoms with van der Waals surface area (Å²) in [7, 11) is 0. The molecule has 120 valence electrons. The molecule has 3 nitrogen and oxygen atoms in total. The summed E-state index contributed by atoms with van der Waals surface area (Å²) in [6, 6.07) is 9.87. The van der Waals surface area contributed by atoms with Gasteiger partial charge in [0.25, 0.3) is 5.91 Å². The van der Waals surface area contributed by atoms with E-state index in [1.165, 1.54) is 36.4 Å². The first kappa shape index (κ1) is 15.8. The minimum absolute atomic E-state index is 0.167. The van der Waals surface area contributed by atoms with E-state index in [9.17, 15) is 13.6 Å². The second kappa shape index (κ2) is 7.00. The highest BCUT2D eigenvalue weighted by atomic mass is 32.2. The van der Waals surface area contributed by atoms with Crippen LogP contribution < -0.4 is 10.1 Å². The summed E-state index contributed by atoms with van der Waals surface area (Å²) in [5.41, 5.74) is 0.802. The number of fused-ring (bicyclic) bond motifs is 1. The molecule has 3 rings (SSSR count). The van der Waals surface area contributed by atoms with Crippen molar-refractivity contribution in [1.29, 1.82) is 0 Å². The smallest absolute Gasteiger partial charge is 0.258 e. The van der Waals surface area contributed by atoms with Crippen LogP contribution in [-0.2, 0) is 4.79 Å². The Bertz CT molecular complexity index is 706. The summed E-state index contributed by atoms with van der Waals surface area (Å²) in [5.74, 6) is 0.324. The Kier molecular flexibility index (Phi) is 4.81. The summed E-state index contributed by atoms with van der Waals surface area (Å²) < 4.78 is 31.5. The molecule has 0 saturated carbocycles. The van der Waals surface area contributed by atoms with Gasteiger partial charge in [0.05, 0.1) is 6.04 Å². The second-order valence-corrected chi connectivity index (χ2v) is 6.32. The molecule has 0 aliphatic carbocycles. The van der Waals surface area contributed by atoms with E-state index in [1.54, 1.807) is 17.8 Å². The van der Waals surface area contributed by atoms with Gasteiger partial charge in [-0.05, 0) is 54.4 Å². The average Bonchev–Trinajstić information content (AvgIpc) is 2.55. The molecule has 0 fully saturated rings. The molecule has 0 saturated heterocycles. The minimum atomic E-state index is -0.361. The Morgan fingerprint density at radius 3 is 2.70 bits per heavy atom. The molecule has 0 bridgehead atoms. The molecule has 0 aromatic heterocycles. The number of amides is 1. The quantitative estimate of drug-likeness (QED) is 0.926. The topological polar surface area (TPSA) is 38.3 Å². The van der Waals surface area contributed by atoms with Crippen molar-refractivity contribution in [3.05, 3.63) is 59.7 Å². The van der Waals surface area contributed by atoms with Gasteiger partial charge in [0, 0.05) is 10.6 Å². The number of carbonyl (C=O) groups excluding carboxylic acids is 1. The van der Waals surface area contributed by atoms with Crippen molar-refractivity contribution in [2.45, 2.75) is 17.4 Å². The maximum absolute atomic E-state index is 13.4. The lowest BCUT2D eigenvalue weighted by Crippen LogP contribution is -2.34. The lowest BCUT2D eigenvalue weighted by molar-refractivity contribution is -0.123. The highest BCUT2D eigenvalue weighted by Crippen LogP contribution is 2.36. The molecule has 1 aliphatic heterocycles. The lowest BCUT2D eigenvalue weighted by atomic mass is 10.0. The SMILES string of the molecule is O=C(COc1ccc(F)cc1)NC1CCSc2ccc(F)cc21. The van der Waals surface area contributed by atoms with Crippen molar-refractivity contribution >= 4 is 17.7 Å². The molecule has 1 amide bonds. The predicted octanol–water partition coefficient (Wildman–Crippen LogP) is 3.70. The Hall–Kier alpha value is -2.08. The molecule has 1 unspecified atom stereocenters. The van der Waals surface area contributed by atoms with Gasteiger partial charge in [0.1, 0.15) is 17.4 Å². The summed E-state index contributed by atoms with van der Waals surface area (Å²) in [6.45, 7) is -0.167. The molecular formula is C17H15F2NO2S. The summed E-state index contributed by atoms with van der Waals surface area (Å²) >= 11 is 1.66. The van der Waals surface area contributed by atoms with Crippen LogP contribution in [0.3, 0.4) is 0 Å². The van der Waals surface area contributed by atoms with Crippen LogP contribution in [0.1, 0.15) is 18.0 Å². The Labute approximate surface area is 137 Å². The average molecular weight is 335 g/mol. The van der Waals surface area contributed by atoms with Crippen LogP contribution in [0.25, 0.3) is 0 Å². The van der Waals surface area contributed by atoms with Gasteiger partial charge in [-0.1, -0.05) is 0 Å². The first-order valence-corrected chi connectivity index (χ1v) is 8.20. The third kappa shape index (κ3) is 4.01. The lowest BCUT2D eigenvalue weighted by Gasteiger charge is -2.26. The summed E-state index contributed by atoms with van der Waals surface area (Å²) in [6.07, 6.45) is 0.739. The maximum atomic E-state index is 13.4. The molecule has 1 heterocycles. The molecule has 2 aromatic rings.